The Kier molecular flexibility index (Phi) is 3.91. The molecule has 0 fully saturated rings. The van der Waals surface area contributed by atoms with Crippen molar-refractivity contribution < 1.29 is 13.2 Å². The summed E-state index contributed by atoms with van der Waals surface area (Å²) in [6.45, 7) is 1.92. The van der Waals surface area contributed by atoms with Crippen molar-refractivity contribution in [3.63, 3.8) is 0 Å². The van der Waals surface area contributed by atoms with Gasteiger partial charge in [0.1, 0.15) is 5.82 Å². The zero-order valence-electron chi connectivity index (χ0n) is 9.71. The maximum Gasteiger partial charge on any atom is 0.182 e. The molecule has 0 spiro atoms. The van der Waals surface area contributed by atoms with Crippen LogP contribution in [0, 0.1) is 17.5 Å². The molecule has 18 heavy (non-hydrogen) atoms. The molecule has 0 aliphatic rings. The Morgan fingerprint density at radius 1 is 1.28 bits per heavy atom. The molecule has 1 N–H and O–H groups in total. The molecule has 96 valence electrons. The Morgan fingerprint density at radius 3 is 2.67 bits per heavy atom. The fraction of sp³-hybridized carbons (Fsp3) is 0.231. The van der Waals surface area contributed by atoms with Gasteiger partial charge in [-0.05, 0) is 17.9 Å². The maximum atomic E-state index is 13.5. The van der Waals surface area contributed by atoms with Gasteiger partial charge < -0.3 is 5.32 Å². The van der Waals surface area contributed by atoms with Crippen LogP contribution in [-0.2, 0) is 0 Å². The predicted octanol–water partition coefficient (Wildman–Crippen LogP) is 4.73. The summed E-state index contributed by atoms with van der Waals surface area (Å²) in [4.78, 5) is 1.00. The van der Waals surface area contributed by atoms with Gasteiger partial charge in [0.15, 0.2) is 11.6 Å². The molecule has 2 aromatic rings. The first kappa shape index (κ1) is 13.0. The molecule has 0 saturated carbocycles. The Bertz CT molecular complexity index is 525. The molecule has 1 heterocycles. The highest BCUT2D eigenvalue weighted by Crippen LogP contribution is 2.28. The number of hydrogen-bond acceptors (Lipinski definition) is 2. The van der Waals surface area contributed by atoms with Crippen LogP contribution in [0.15, 0.2) is 29.6 Å². The highest BCUT2D eigenvalue weighted by molar-refractivity contribution is 7.10. The second kappa shape index (κ2) is 5.44. The van der Waals surface area contributed by atoms with Crippen LogP contribution in [0.25, 0.3) is 0 Å². The molecule has 0 aliphatic heterocycles. The van der Waals surface area contributed by atoms with Crippen LogP contribution >= 0.6 is 11.3 Å². The Morgan fingerprint density at radius 2 is 2.06 bits per heavy atom. The normalized spacial score (nSPS) is 12.4. The Balaban J connectivity index is 2.28. The van der Waals surface area contributed by atoms with E-state index in [0.29, 0.717) is 12.5 Å². The van der Waals surface area contributed by atoms with Crippen molar-refractivity contribution in [3.05, 3.63) is 52.0 Å². The molecule has 0 radical (unpaired) electrons. The summed E-state index contributed by atoms with van der Waals surface area (Å²) < 4.78 is 39.7. The molecule has 2 rings (SSSR count). The lowest BCUT2D eigenvalue weighted by Crippen LogP contribution is -2.10. The lowest BCUT2D eigenvalue weighted by atomic mass is 10.1. The number of rotatable bonds is 4. The van der Waals surface area contributed by atoms with Gasteiger partial charge in [0, 0.05) is 17.0 Å². The Labute approximate surface area is 107 Å². The van der Waals surface area contributed by atoms with Gasteiger partial charge in [-0.15, -0.1) is 11.3 Å². The van der Waals surface area contributed by atoms with Gasteiger partial charge in [-0.2, -0.15) is 0 Å². The number of halogens is 3. The van der Waals surface area contributed by atoms with E-state index in [4.69, 9.17) is 0 Å². The van der Waals surface area contributed by atoms with Crippen LogP contribution in [0.2, 0.25) is 0 Å². The van der Waals surface area contributed by atoms with E-state index in [1.165, 1.54) is 11.3 Å². The van der Waals surface area contributed by atoms with E-state index in [-0.39, 0.29) is 11.7 Å². The summed E-state index contributed by atoms with van der Waals surface area (Å²) in [6.07, 6.45) is 0.693. The molecular formula is C13H12F3NS. The van der Waals surface area contributed by atoms with E-state index in [2.05, 4.69) is 5.32 Å². The van der Waals surface area contributed by atoms with E-state index in [1.807, 2.05) is 24.4 Å². The van der Waals surface area contributed by atoms with Crippen LogP contribution in [0.5, 0.6) is 0 Å². The summed E-state index contributed by atoms with van der Waals surface area (Å²) in [5.41, 5.74) is -0.146. The number of benzene rings is 1. The third-order valence-corrected chi connectivity index (χ3v) is 3.60. The van der Waals surface area contributed by atoms with Gasteiger partial charge in [0.25, 0.3) is 0 Å². The summed E-state index contributed by atoms with van der Waals surface area (Å²) >= 11 is 1.52. The number of hydrogen-bond donors (Lipinski definition) is 1. The molecule has 0 amide bonds. The number of nitrogens with one attached hydrogen (secondary N) is 1. The predicted molar refractivity (Wildman–Crippen MR) is 67.3 cm³/mol. The van der Waals surface area contributed by atoms with E-state index < -0.39 is 17.5 Å². The zero-order chi connectivity index (χ0) is 13.1. The zero-order valence-corrected chi connectivity index (χ0v) is 10.5. The van der Waals surface area contributed by atoms with Gasteiger partial charge in [0.2, 0.25) is 0 Å². The minimum Gasteiger partial charge on any atom is -0.375 e. The van der Waals surface area contributed by atoms with E-state index in [9.17, 15) is 13.2 Å². The summed E-state index contributed by atoms with van der Waals surface area (Å²) in [6, 6.07) is 5.13. The van der Waals surface area contributed by atoms with Gasteiger partial charge in [0.05, 0.1) is 11.7 Å². The second-order valence-corrected chi connectivity index (χ2v) is 4.85. The molecule has 0 bridgehead atoms. The molecule has 0 saturated heterocycles. The largest absolute Gasteiger partial charge is 0.375 e. The third kappa shape index (κ3) is 2.67. The van der Waals surface area contributed by atoms with Crippen molar-refractivity contribution in [3.8, 4) is 0 Å². The molecule has 0 aliphatic carbocycles. The summed E-state index contributed by atoms with van der Waals surface area (Å²) in [7, 11) is 0. The summed E-state index contributed by atoms with van der Waals surface area (Å²) in [5, 5.41) is 4.74. The van der Waals surface area contributed by atoms with Crippen molar-refractivity contribution in [1.82, 2.24) is 0 Å². The smallest absolute Gasteiger partial charge is 0.182 e. The minimum absolute atomic E-state index is 0.146. The van der Waals surface area contributed by atoms with Crippen LogP contribution in [-0.4, -0.2) is 0 Å². The van der Waals surface area contributed by atoms with Gasteiger partial charge in [-0.25, -0.2) is 13.2 Å². The van der Waals surface area contributed by atoms with Crippen LogP contribution in [0.1, 0.15) is 24.3 Å². The van der Waals surface area contributed by atoms with E-state index >= 15 is 0 Å². The van der Waals surface area contributed by atoms with Crippen molar-refractivity contribution in [1.29, 1.82) is 0 Å². The highest BCUT2D eigenvalue weighted by atomic mass is 32.1. The van der Waals surface area contributed by atoms with Crippen molar-refractivity contribution in [2.24, 2.45) is 0 Å². The summed E-state index contributed by atoms with van der Waals surface area (Å²) in [5.74, 6) is -3.03. The van der Waals surface area contributed by atoms with Gasteiger partial charge in [-0.1, -0.05) is 13.0 Å². The SMILES string of the molecule is CCC(Nc1cc(F)cc(F)c1F)c1cccs1. The average Bonchev–Trinajstić information content (AvgIpc) is 2.85. The lowest BCUT2D eigenvalue weighted by molar-refractivity contribution is 0.496. The topological polar surface area (TPSA) is 12.0 Å². The van der Waals surface area contributed by atoms with Crippen LogP contribution < -0.4 is 5.32 Å². The number of anilines is 1. The molecule has 1 nitrogen and oxygen atoms in total. The Hall–Kier alpha value is -1.49. The van der Waals surface area contributed by atoms with Crippen molar-refractivity contribution in [2.75, 3.05) is 5.32 Å². The van der Waals surface area contributed by atoms with Crippen molar-refractivity contribution >= 4 is 17.0 Å². The molecule has 1 unspecified atom stereocenters. The van der Waals surface area contributed by atoms with Gasteiger partial charge >= 0.3 is 0 Å². The maximum absolute atomic E-state index is 13.5. The monoisotopic (exact) mass is 271 g/mol. The quantitative estimate of drug-likeness (QED) is 0.793. The fourth-order valence-electron chi connectivity index (χ4n) is 1.71. The van der Waals surface area contributed by atoms with E-state index in [0.717, 1.165) is 10.9 Å². The lowest BCUT2D eigenvalue weighted by Gasteiger charge is -2.17. The average molecular weight is 271 g/mol. The standard InChI is InChI=1S/C13H12F3NS/c1-2-10(12-4-3-5-18-12)17-11-7-8(14)6-9(15)13(11)16/h3-7,10,17H,2H2,1H3. The fourth-order valence-corrected chi connectivity index (χ4v) is 2.57. The third-order valence-electron chi connectivity index (χ3n) is 2.62. The minimum atomic E-state index is -1.18. The molecule has 1 aromatic heterocycles. The van der Waals surface area contributed by atoms with Crippen molar-refractivity contribution in [2.45, 2.75) is 19.4 Å². The van der Waals surface area contributed by atoms with Crippen LogP contribution in [0.3, 0.4) is 0 Å². The first-order valence-corrected chi connectivity index (χ1v) is 6.44. The first-order chi connectivity index (χ1) is 8.61. The highest BCUT2D eigenvalue weighted by Gasteiger charge is 2.16. The molecule has 1 aromatic carbocycles. The molecule has 5 heteroatoms. The molecular weight excluding hydrogens is 259 g/mol. The van der Waals surface area contributed by atoms with E-state index in [1.54, 1.807) is 0 Å². The first-order valence-electron chi connectivity index (χ1n) is 5.56. The number of thiophene rings is 1. The van der Waals surface area contributed by atoms with Gasteiger partial charge in [-0.3, -0.25) is 0 Å². The second-order valence-electron chi connectivity index (χ2n) is 3.87. The molecule has 1 atom stereocenters. The van der Waals surface area contributed by atoms with Crippen LogP contribution in [0.4, 0.5) is 18.9 Å².